The van der Waals surface area contributed by atoms with Crippen LogP contribution in [0.1, 0.15) is 16.8 Å². The number of hydrogen-bond donors (Lipinski definition) is 3. The number of fused-ring (bicyclic) bond motifs is 2. The third-order valence-corrected chi connectivity index (χ3v) is 5.37. The van der Waals surface area contributed by atoms with Crippen molar-refractivity contribution in [3.63, 3.8) is 0 Å². The molecule has 0 unspecified atom stereocenters. The van der Waals surface area contributed by atoms with E-state index in [1.54, 1.807) is 48.7 Å². The highest BCUT2D eigenvalue weighted by Crippen LogP contribution is 2.48. The standard InChI is InChI=1S/C21H19N3O4/c25-19(24-16-3-1-2-10-22-16)12-6-8-15(9-7-12)23-20(26)17-13-4-5-14(11-13)18(17)21(27)28/h1-10,13-14,17-18H,11H2,(H,23,26)(H,27,28)(H,22,24,25)/t13-,14+,17-,18+/m1/s1. The van der Waals surface area contributed by atoms with Gasteiger partial charge in [-0.2, -0.15) is 0 Å². The monoisotopic (exact) mass is 377 g/mol. The van der Waals surface area contributed by atoms with E-state index < -0.39 is 17.8 Å². The molecule has 2 amide bonds. The molecule has 28 heavy (non-hydrogen) atoms. The van der Waals surface area contributed by atoms with E-state index in [4.69, 9.17) is 0 Å². The van der Waals surface area contributed by atoms with Crippen LogP contribution >= 0.6 is 0 Å². The van der Waals surface area contributed by atoms with E-state index in [1.165, 1.54) is 0 Å². The molecule has 7 nitrogen and oxygen atoms in total. The Labute approximate surface area is 161 Å². The van der Waals surface area contributed by atoms with Crippen LogP contribution in [0.5, 0.6) is 0 Å². The molecule has 2 aliphatic rings. The van der Waals surface area contributed by atoms with Gasteiger partial charge < -0.3 is 15.7 Å². The third kappa shape index (κ3) is 3.38. The molecule has 7 heteroatoms. The van der Waals surface area contributed by atoms with Gasteiger partial charge in [0.15, 0.2) is 0 Å². The zero-order valence-electron chi connectivity index (χ0n) is 14.9. The first kappa shape index (κ1) is 17.9. The van der Waals surface area contributed by atoms with E-state index in [0.29, 0.717) is 23.5 Å². The SMILES string of the molecule is O=C(Nc1ccccn1)c1ccc(NC(=O)[C@H]2[C@@H](C(=O)O)[C@H]3C=C[C@@H]2C3)cc1. The second-order valence-electron chi connectivity index (χ2n) is 7.07. The van der Waals surface area contributed by atoms with E-state index in [2.05, 4.69) is 15.6 Å². The Morgan fingerprint density at radius 1 is 0.929 bits per heavy atom. The largest absolute Gasteiger partial charge is 0.481 e. The number of anilines is 2. The van der Waals surface area contributed by atoms with Crippen molar-refractivity contribution in [1.29, 1.82) is 0 Å². The van der Waals surface area contributed by atoms with Gasteiger partial charge in [-0.15, -0.1) is 0 Å². The minimum atomic E-state index is -0.932. The van der Waals surface area contributed by atoms with Gasteiger partial charge in [-0.05, 0) is 54.7 Å². The minimum Gasteiger partial charge on any atom is -0.481 e. The third-order valence-electron chi connectivity index (χ3n) is 5.37. The van der Waals surface area contributed by atoms with Gasteiger partial charge in [0.05, 0.1) is 11.8 Å². The summed E-state index contributed by atoms with van der Waals surface area (Å²) in [6.45, 7) is 0. The summed E-state index contributed by atoms with van der Waals surface area (Å²) in [7, 11) is 0. The van der Waals surface area contributed by atoms with Crippen molar-refractivity contribution < 1.29 is 19.5 Å². The van der Waals surface area contributed by atoms with Crippen LogP contribution in [0.2, 0.25) is 0 Å². The van der Waals surface area contributed by atoms with E-state index in [0.717, 1.165) is 0 Å². The first-order valence-electron chi connectivity index (χ1n) is 9.07. The highest BCUT2D eigenvalue weighted by atomic mass is 16.4. The van der Waals surface area contributed by atoms with Crippen LogP contribution in [-0.2, 0) is 9.59 Å². The molecular weight excluding hydrogens is 358 g/mol. The quantitative estimate of drug-likeness (QED) is 0.695. The fraction of sp³-hybridized carbons (Fsp3) is 0.238. The van der Waals surface area contributed by atoms with Crippen LogP contribution in [0.3, 0.4) is 0 Å². The molecule has 0 aliphatic heterocycles. The zero-order valence-corrected chi connectivity index (χ0v) is 14.9. The predicted molar refractivity (Wildman–Crippen MR) is 103 cm³/mol. The summed E-state index contributed by atoms with van der Waals surface area (Å²) in [5.41, 5.74) is 0.949. The lowest BCUT2D eigenvalue weighted by Gasteiger charge is -2.23. The molecule has 0 saturated heterocycles. The molecule has 1 heterocycles. The van der Waals surface area contributed by atoms with Gasteiger partial charge in [-0.3, -0.25) is 14.4 Å². The van der Waals surface area contributed by atoms with E-state index in [-0.39, 0.29) is 23.7 Å². The van der Waals surface area contributed by atoms with Gasteiger partial charge in [-0.25, -0.2) is 4.98 Å². The molecule has 1 saturated carbocycles. The Morgan fingerprint density at radius 2 is 1.64 bits per heavy atom. The summed E-state index contributed by atoms with van der Waals surface area (Å²) in [6, 6.07) is 11.7. The number of pyridine rings is 1. The van der Waals surface area contributed by atoms with Crippen LogP contribution in [0.15, 0.2) is 60.8 Å². The van der Waals surface area contributed by atoms with Crippen molar-refractivity contribution in [3.05, 3.63) is 66.4 Å². The van der Waals surface area contributed by atoms with Gasteiger partial charge in [-0.1, -0.05) is 18.2 Å². The average Bonchev–Trinajstić information content (AvgIpc) is 3.31. The number of benzene rings is 1. The predicted octanol–water partition coefficient (Wildman–Crippen LogP) is 2.80. The molecule has 2 aliphatic carbocycles. The number of carbonyl (C=O) groups is 3. The van der Waals surface area contributed by atoms with Gasteiger partial charge in [0.25, 0.3) is 5.91 Å². The Kier molecular flexibility index (Phi) is 4.65. The number of rotatable bonds is 5. The maximum atomic E-state index is 12.7. The fourth-order valence-corrected chi connectivity index (χ4v) is 4.07. The number of carboxylic acid groups (broad SMARTS) is 1. The molecule has 142 valence electrons. The average molecular weight is 377 g/mol. The Morgan fingerprint density at radius 3 is 2.29 bits per heavy atom. The molecule has 4 rings (SSSR count). The van der Waals surface area contributed by atoms with Gasteiger partial charge >= 0.3 is 5.97 Å². The highest BCUT2D eigenvalue weighted by Gasteiger charge is 2.51. The summed E-state index contributed by atoms with van der Waals surface area (Å²) in [5, 5.41) is 15.0. The van der Waals surface area contributed by atoms with Gasteiger partial charge in [0.2, 0.25) is 5.91 Å². The lowest BCUT2D eigenvalue weighted by Crippen LogP contribution is -2.36. The molecule has 0 spiro atoms. The molecule has 3 N–H and O–H groups in total. The van der Waals surface area contributed by atoms with Crippen molar-refractivity contribution in [2.45, 2.75) is 6.42 Å². The number of nitrogens with one attached hydrogen (secondary N) is 2. The maximum absolute atomic E-state index is 12.7. The number of nitrogens with zero attached hydrogens (tertiary/aromatic N) is 1. The van der Waals surface area contributed by atoms with Crippen LogP contribution in [0, 0.1) is 23.7 Å². The highest BCUT2D eigenvalue weighted by molar-refractivity contribution is 6.04. The van der Waals surface area contributed by atoms with Crippen LogP contribution in [0.4, 0.5) is 11.5 Å². The number of aliphatic carboxylic acids is 1. The van der Waals surface area contributed by atoms with Crippen molar-refractivity contribution in [2.24, 2.45) is 23.7 Å². The summed E-state index contributed by atoms with van der Waals surface area (Å²) in [5.74, 6) is -2.44. The lowest BCUT2D eigenvalue weighted by molar-refractivity contribution is -0.146. The molecular formula is C21H19N3O4. The van der Waals surface area contributed by atoms with Gasteiger partial charge in [0.1, 0.15) is 5.82 Å². The Bertz CT molecular complexity index is 940. The summed E-state index contributed by atoms with van der Waals surface area (Å²) >= 11 is 0. The van der Waals surface area contributed by atoms with Gasteiger partial charge in [0, 0.05) is 17.4 Å². The number of aromatic nitrogens is 1. The van der Waals surface area contributed by atoms with Crippen LogP contribution < -0.4 is 10.6 Å². The zero-order chi connectivity index (χ0) is 19.7. The number of amides is 2. The maximum Gasteiger partial charge on any atom is 0.307 e. The van der Waals surface area contributed by atoms with E-state index in [9.17, 15) is 19.5 Å². The first-order valence-corrected chi connectivity index (χ1v) is 9.07. The molecule has 4 atom stereocenters. The number of carboxylic acids is 1. The summed E-state index contributed by atoms with van der Waals surface area (Å²) < 4.78 is 0. The van der Waals surface area contributed by atoms with E-state index >= 15 is 0 Å². The van der Waals surface area contributed by atoms with Crippen LogP contribution in [-0.4, -0.2) is 27.9 Å². The molecule has 2 aromatic rings. The molecule has 1 aromatic carbocycles. The summed E-state index contributed by atoms with van der Waals surface area (Å²) in [6.07, 6.45) is 6.15. The Balaban J connectivity index is 1.42. The van der Waals surface area contributed by atoms with Crippen molar-refractivity contribution in [1.82, 2.24) is 4.98 Å². The molecule has 1 fully saturated rings. The fourth-order valence-electron chi connectivity index (χ4n) is 4.07. The number of carbonyl (C=O) groups excluding carboxylic acids is 2. The Hall–Kier alpha value is -3.48. The van der Waals surface area contributed by atoms with Crippen molar-refractivity contribution in [3.8, 4) is 0 Å². The lowest BCUT2D eigenvalue weighted by atomic mass is 9.82. The number of allylic oxidation sites excluding steroid dienone is 2. The molecule has 0 radical (unpaired) electrons. The second-order valence-corrected chi connectivity index (χ2v) is 7.07. The second kappa shape index (κ2) is 7.26. The first-order chi connectivity index (χ1) is 13.5. The van der Waals surface area contributed by atoms with Crippen molar-refractivity contribution in [2.75, 3.05) is 10.6 Å². The van der Waals surface area contributed by atoms with Crippen molar-refractivity contribution >= 4 is 29.3 Å². The normalized spacial score (nSPS) is 24.7. The smallest absolute Gasteiger partial charge is 0.307 e. The van der Waals surface area contributed by atoms with E-state index in [1.807, 2.05) is 12.2 Å². The number of hydrogen-bond acceptors (Lipinski definition) is 4. The summed E-state index contributed by atoms with van der Waals surface area (Å²) in [4.78, 5) is 40.5. The topological polar surface area (TPSA) is 108 Å². The minimum absolute atomic E-state index is 0.0328. The molecule has 2 bridgehead atoms. The van der Waals surface area contributed by atoms with Crippen LogP contribution in [0.25, 0.3) is 0 Å². The molecule has 1 aromatic heterocycles.